The molecule has 3 aromatic carbocycles. The number of aromatic hydroxyl groups is 1. The fourth-order valence-corrected chi connectivity index (χ4v) is 4.56. The predicted molar refractivity (Wildman–Crippen MR) is 149 cm³/mol. The van der Waals surface area contributed by atoms with Gasteiger partial charge in [0.15, 0.2) is 0 Å². The molecule has 38 heavy (non-hydrogen) atoms. The average molecular weight is 509 g/mol. The number of carbonyl (C=O) groups excluding carboxylic acids is 2. The van der Waals surface area contributed by atoms with Crippen molar-refractivity contribution in [3.8, 4) is 17.0 Å². The second-order valence-electron chi connectivity index (χ2n) is 9.87. The first-order chi connectivity index (χ1) is 18.4. The normalized spacial score (nSPS) is 13.1. The van der Waals surface area contributed by atoms with E-state index in [2.05, 4.69) is 22.7 Å². The van der Waals surface area contributed by atoms with Crippen LogP contribution < -0.4 is 10.6 Å². The summed E-state index contributed by atoms with van der Waals surface area (Å²) in [5.41, 5.74) is 6.19. The number of nitrogens with zero attached hydrogens (tertiary/aromatic N) is 2. The zero-order chi connectivity index (χ0) is 26.6. The molecular weight excluding hydrogens is 476 g/mol. The molecule has 194 valence electrons. The zero-order valence-corrected chi connectivity index (χ0v) is 21.7. The van der Waals surface area contributed by atoms with Gasteiger partial charge in [-0.25, -0.2) is 4.79 Å². The van der Waals surface area contributed by atoms with Crippen molar-refractivity contribution < 1.29 is 14.7 Å². The van der Waals surface area contributed by atoms with E-state index in [1.165, 1.54) is 10.7 Å². The Balaban J connectivity index is 1.38. The number of nitrogens with one attached hydrogen (secondary N) is 2. The Morgan fingerprint density at radius 3 is 2.34 bits per heavy atom. The number of anilines is 1. The van der Waals surface area contributed by atoms with Crippen molar-refractivity contribution >= 4 is 17.6 Å². The maximum atomic E-state index is 13.2. The summed E-state index contributed by atoms with van der Waals surface area (Å²) in [6, 6.07) is 21.9. The SMILES string of the molecule is CCc1ccc(C(=O)Nc2ccc(O)c(-c3cc(C4CCC4)n(C(=O)NCc4ccc(C)cc4)n3)c2)cc1. The molecule has 1 fully saturated rings. The average Bonchev–Trinajstić information content (AvgIpc) is 3.32. The van der Waals surface area contributed by atoms with Gasteiger partial charge in [-0.3, -0.25) is 4.79 Å². The molecule has 1 heterocycles. The molecule has 4 aromatic rings. The Morgan fingerprint density at radius 2 is 1.68 bits per heavy atom. The van der Waals surface area contributed by atoms with Crippen molar-refractivity contribution in [3.05, 3.63) is 101 Å². The van der Waals surface area contributed by atoms with Crippen LogP contribution in [0.15, 0.2) is 72.8 Å². The summed E-state index contributed by atoms with van der Waals surface area (Å²) in [5.74, 6) is 0.0399. The van der Waals surface area contributed by atoms with Crippen molar-refractivity contribution in [3.63, 3.8) is 0 Å². The first-order valence-corrected chi connectivity index (χ1v) is 13.1. The van der Waals surface area contributed by atoms with Crippen LogP contribution in [0.1, 0.15) is 64.8 Å². The molecule has 1 aliphatic rings. The summed E-state index contributed by atoms with van der Waals surface area (Å²) in [6.07, 6.45) is 4.01. The van der Waals surface area contributed by atoms with Gasteiger partial charge in [-0.15, -0.1) is 0 Å². The predicted octanol–water partition coefficient (Wildman–Crippen LogP) is 6.40. The smallest absolute Gasteiger partial charge is 0.342 e. The number of hydrogen-bond acceptors (Lipinski definition) is 4. The molecule has 7 heteroatoms. The summed E-state index contributed by atoms with van der Waals surface area (Å²) in [5, 5.41) is 21.1. The van der Waals surface area contributed by atoms with Crippen molar-refractivity contribution in [2.75, 3.05) is 5.32 Å². The molecule has 1 aliphatic carbocycles. The van der Waals surface area contributed by atoms with Gasteiger partial charge in [-0.1, -0.05) is 55.3 Å². The quantitative estimate of drug-likeness (QED) is 0.252. The van der Waals surface area contributed by atoms with Gasteiger partial charge in [0.25, 0.3) is 5.91 Å². The molecule has 0 saturated heterocycles. The molecule has 0 atom stereocenters. The third-order valence-electron chi connectivity index (χ3n) is 7.17. The van der Waals surface area contributed by atoms with E-state index in [1.54, 1.807) is 24.3 Å². The van der Waals surface area contributed by atoms with Crippen LogP contribution in [0, 0.1) is 6.92 Å². The van der Waals surface area contributed by atoms with Crippen LogP contribution in [0.3, 0.4) is 0 Å². The van der Waals surface area contributed by atoms with Gasteiger partial charge in [0, 0.05) is 29.3 Å². The van der Waals surface area contributed by atoms with Crippen LogP contribution >= 0.6 is 0 Å². The van der Waals surface area contributed by atoms with Crippen molar-refractivity contribution in [2.24, 2.45) is 0 Å². The highest BCUT2D eigenvalue weighted by atomic mass is 16.3. The first kappa shape index (κ1) is 25.3. The number of aromatic nitrogens is 2. The molecule has 3 N–H and O–H groups in total. The molecule has 5 rings (SSSR count). The van der Waals surface area contributed by atoms with E-state index < -0.39 is 0 Å². The molecule has 0 aliphatic heterocycles. The van der Waals surface area contributed by atoms with E-state index in [0.717, 1.165) is 48.1 Å². The van der Waals surface area contributed by atoms with Crippen LogP contribution in [0.5, 0.6) is 5.75 Å². The molecule has 0 unspecified atom stereocenters. The Bertz CT molecular complexity index is 1450. The molecule has 0 spiro atoms. The van der Waals surface area contributed by atoms with E-state index in [0.29, 0.717) is 29.1 Å². The molecule has 2 amide bonds. The maximum Gasteiger partial charge on any atom is 0.342 e. The zero-order valence-electron chi connectivity index (χ0n) is 21.7. The Kier molecular flexibility index (Phi) is 7.26. The Morgan fingerprint density at radius 1 is 0.974 bits per heavy atom. The van der Waals surface area contributed by atoms with E-state index in [-0.39, 0.29) is 23.6 Å². The lowest BCUT2D eigenvalue weighted by molar-refractivity contribution is 0.102. The fourth-order valence-electron chi connectivity index (χ4n) is 4.56. The number of amides is 2. The summed E-state index contributed by atoms with van der Waals surface area (Å²) in [4.78, 5) is 26.0. The van der Waals surface area contributed by atoms with Crippen molar-refractivity contribution in [1.29, 1.82) is 0 Å². The van der Waals surface area contributed by atoms with Crippen molar-refractivity contribution in [1.82, 2.24) is 15.1 Å². The molecule has 7 nitrogen and oxygen atoms in total. The Hall–Kier alpha value is -4.39. The van der Waals surface area contributed by atoms with Crippen LogP contribution in [-0.4, -0.2) is 26.8 Å². The maximum absolute atomic E-state index is 13.2. The van der Waals surface area contributed by atoms with Gasteiger partial charge in [-0.2, -0.15) is 9.78 Å². The lowest BCUT2D eigenvalue weighted by Gasteiger charge is -2.25. The summed E-state index contributed by atoms with van der Waals surface area (Å²) < 4.78 is 1.42. The number of hydrogen-bond donors (Lipinski definition) is 3. The lowest BCUT2D eigenvalue weighted by atomic mass is 9.82. The van der Waals surface area contributed by atoms with Gasteiger partial charge in [0.1, 0.15) is 5.75 Å². The van der Waals surface area contributed by atoms with E-state index >= 15 is 0 Å². The highest BCUT2D eigenvalue weighted by Gasteiger charge is 2.27. The fraction of sp³-hybridized carbons (Fsp3) is 0.258. The van der Waals surface area contributed by atoms with E-state index in [9.17, 15) is 14.7 Å². The largest absolute Gasteiger partial charge is 0.507 e. The molecular formula is C31H32N4O3. The van der Waals surface area contributed by atoms with Crippen molar-refractivity contribution in [2.45, 2.75) is 52.0 Å². The number of benzene rings is 3. The third-order valence-corrected chi connectivity index (χ3v) is 7.17. The summed E-state index contributed by atoms with van der Waals surface area (Å²) >= 11 is 0. The number of aryl methyl sites for hydroxylation is 2. The third kappa shape index (κ3) is 5.47. The molecule has 1 aromatic heterocycles. The van der Waals surface area contributed by atoms with Crippen LogP contribution in [-0.2, 0) is 13.0 Å². The monoisotopic (exact) mass is 508 g/mol. The van der Waals surface area contributed by atoms with Crippen LogP contribution in [0.2, 0.25) is 0 Å². The number of phenolic OH excluding ortho intramolecular Hbond substituents is 1. The first-order valence-electron chi connectivity index (χ1n) is 13.1. The van der Waals surface area contributed by atoms with Gasteiger partial charge in [0.2, 0.25) is 0 Å². The minimum absolute atomic E-state index is 0.0279. The minimum atomic E-state index is -0.307. The highest BCUT2D eigenvalue weighted by Crippen LogP contribution is 2.39. The molecule has 0 bridgehead atoms. The Labute approximate surface area is 222 Å². The summed E-state index contributed by atoms with van der Waals surface area (Å²) in [7, 11) is 0. The molecule has 1 saturated carbocycles. The summed E-state index contributed by atoms with van der Waals surface area (Å²) in [6.45, 7) is 4.49. The lowest BCUT2D eigenvalue weighted by Crippen LogP contribution is -2.31. The number of phenols is 1. The molecule has 0 radical (unpaired) electrons. The minimum Gasteiger partial charge on any atom is -0.507 e. The van der Waals surface area contributed by atoms with E-state index in [1.807, 2.05) is 49.4 Å². The van der Waals surface area contributed by atoms with E-state index in [4.69, 9.17) is 0 Å². The number of rotatable bonds is 7. The van der Waals surface area contributed by atoms with Crippen LogP contribution in [0.25, 0.3) is 11.3 Å². The second kappa shape index (κ2) is 10.9. The van der Waals surface area contributed by atoms with Crippen LogP contribution in [0.4, 0.5) is 10.5 Å². The van der Waals surface area contributed by atoms with Gasteiger partial charge < -0.3 is 15.7 Å². The van der Waals surface area contributed by atoms with Gasteiger partial charge in [0.05, 0.1) is 11.4 Å². The van der Waals surface area contributed by atoms with Gasteiger partial charge >= 0.3 is 6.03 Å². The number of carbonyl (C=O) groups is 2. The standard InChI is InChI=1S/C31H32N4O3/c1-3-21-11-13-24(14-12-21)30(37)33-25-15-16-29(36)26(17-25)27-18-28(23-5-4-6-23)35(34-27)31(38)32-19-22-9-7-20(2)8-10-22/h7-18,23,36H,3-6,19H2,1-2H3,(H,32,38)(H,33,37). The topological polar surface area (TPSA) is 96.2 Å². The van der Waals surface area contributed by atoms with Gasteiger partial charge in [-0.05, 0) is 73.7 Å². The second-order valence-corrected chi connectivity index (χ2v) is 9.87. The highest BCUT2D eigenvalue weighted by molar-refractivity contribution is 6.04.